The lowest BCUT2D eigenvalue weighted by Crippen LogP contribution is -2.25. The first-order valence-electron chi connectivity index (χ1n) is 9.47. The molecule has 1 aliphatic heterocycles. The highest BCUT2D eigenvalue weighted by atomic mass is 79.9. The van der Waals surface area contributed by atoms with Crippen LogP contribution in [0.25, 0.3) is 10.4 Å². The maximum absolute atomic E-state index is 12.7. The predicted molar refractivity (Wildman–Crippen MR) is 124 cm³/mol. The summed E-state index contributed by atoms with van der Waals surface area (Å²) in [5, 5.41) is 2.92. The summed E-state index contributed by atoms with van der Waals surface area (Å²) in [6.45, 7) is 0.409. The standard InChI is InChI=1S/C22H20BrNO5S2/c1-28-16-4-6-18(29-2)13(9-16)7-8-24-22(25)19-10-14-12-31(26,27)20-11-15(23)3-5-17(20)21(14)30-19/h3-6,9-11H,7-8,12H2,1-2H3,(H,24,25). The topological polar surface area (TPSA) is 81.7 Å². The van der Waals surface area contributed by atoms with Crippen molar-refractivity contribution in [2.24, 2.45) is 0 Å². The van der Waals surface area contributed by atoms with Crippen molar-refractivity contribution in [2.45, 2.75) is 17.1 Å². The van der Waals surface area contributed by atoms with E-state index in [-0.39, 0.29) is 11.7 Å². The van der Waals surface area contributed by atoms with Gasteiger partial charge >= 0.3 is 0 Å². The maximum Gasteiger partial charge on any atom is 0.261 e. The van der Waals surface area contributed by atoms with Crippen LogP contribution in [0.5, 0.6) is 11.5 Å². The van der Waals surface area contributed by atoms with Crippen LogP contribution in [0, 0.1) is 0 Å². The lowest BCUT2D eigenvalue weighted by Gasteiger charge is -2.16. The normalized spacial score (nSPS) is 13.8. The molecule has 9 heteroatoms. The van der Waals surface area contributed by atoms with Crippen LogP contribution in [0.15, 0.2) is 51.8 Å². The SMILES string of the molecule is COc1ccc(OC)c(CCNC(=O)c2cc3c(s2)-c2ccc(Br)cc2S(=O)(=O)C3)c1. The van der Waals surface area contributed by atoms with E-state index >= 15 is 0 Å². The van der Waals surface area contributed by atoms with E-state index < -0.39 is 9.84 Å². The van der Waals surface area contributed by atoms with Crippen LogP contribution in [0.1, 0.15) is 20.8 Å². The van der Waals surface area contributed by atoms with Gasteiger partial charge in [0.2, 0.25) is 0 Å². The number of methoxy groups -OCH3 is 2. The molecule has 31 heavy (non-hydrogen) atoms. The summed E-state index contributed by atoms with van der Waals surface area (Å²) in [7, 11) is -0.237. The van der Waals surface area contributed by atoms with Gasteiger partial charge < -0.3 is 14.8 Å². The molecule has 162 valence electrons. The molecule has 0 unspecified atom stereocenters. The van der Waals surface area contributed by atoms with Crippen LogP contribution in [0.3, 0.4) is 0 Å². The van der Waals surface area contributed by atoms with Crippen molar-refractivity contribution in [3.8, 4) is 21.9 Å². The van der Waals surface area contributed by atoms with E-state index in [2.05, 4.69) is 21.2 Å². The maximum atomic E-state index is 12.7. The summed E-state index contributed by atoms with van der Waals surface area (Å²) in [6, 6.07) is 12.4. The van der Waals surface area contributed by atoms with Crippen molar-refractivity contribution in [1.82, 2.24) is 5.32 Å². The Labute approximate surface area is 193 Å². The molecule has 3 aromatic rings. The first-order chi connectivity index (χ1) is 14.8. The third-order valence-corrected chi connectivity index (χ3v) is 8.47. The summed E-state index contributed by atoms with van der Waals surface area (Å²) in [6.07, 6.45) is 0.572. The van der Waals surface area contributed by atoms with E-state index in [1.54, 1.807) is 32.4 Å². The Morgan fingerprint density at radius 3 is 2.68 bits per heavy atom. The summed E-state index contributed by atoms with van der Waals surface area (Å²) < 4.78 is 36.7. The van der Waals surface area contributed by atoms with Crippen molar-refractivity contribution in [1.29, 1.82) is 0 Å². The number of sulfone groups is 1. The molecular weight excluding hydrogens is 502 g/mol. The number of nitrogens with one attached hydrogen (secondary N) is 1. The van der Waals surface area contributed by atoms with Gasteiger partial charge in [0.25, 0.3) is 5.91 Å². The van der Waals surface area contributed by atoms with E-state index in [1.807, 2.05) is 24.3 Å². The van der Waals surface area contributed by atoms with Crippen molar-refractivity contribution >= 4 is 43.0 Å². The molecule has 0 fully saturated rings. The number of hydrogen-bond donors (Lipinski definition) is 1. The Balaban J connectivity index is 1.52. The van der Waals surface area contributed by atoms with Crippen LogP contribution in [0.4, 0.5) is 0 Å². The number of carbonyl (C=O) groups is 1. The second-order valence-electron chi connectivity index (χ2n) is 7.05. The molecular formula is C22H20BrNO5S2. The molecule has 0 atom stereocenters. The second-order valence-corrected chi connectivity index (χ2v) is 11.0. The zero-order valence-electron chi connectivity index (χ0n) is 16.9. The number of fused-ring (bicyclic) bond motifs is 3. The number of amides is 1. The number of halogens is 1. The molecule has 1 aromatic heterocycles. The molecule has 1 amide bonds. The van der Waals surface area contributed by atoms with Gasteiger partial charge in [-0.25, -0.2) is 8.42 Å². The molecule has 0 aliphatic carbocycles. The molecule has 0 radical (unpaired) electrons. The van der Waals surface area contributed by atoms with E-state index in [0.717, 1.165) is 21.9 Å². The second kappa shape index (κ2) is 8.64. The van der Waals surface area contributed by atoms with Gasteiger partial charge in [0.1, 0.15) is 11.5 Å². The highest BCUT2D eigenvalue weighted by molar-refractivity contribution is 9.10. The lowest BCUT2D eigenvalue weighted by atomic mass is 10.1. The molecule has 0 bridgehead atoms. The number of ether oxygens (including phenoxy) is 2. The third-order valence-electron chi connectivity index (χ3n) is 5.07. The summed E-state index contributed by atoms with van der Waals surface area (Å²) in [4.78, 5) is 14.4. The Kier molecular flexibility index (Phi) is 6.09. The summed E-state index contributed by atoms with van der Waals surface area (Å²) in [5.74, 6) is 1.13. The Morgan fingerprint density at radius 1 is 1.13 bits per heavy atom. The molecule has 1 N–H and O–H groups in total. The first-order valence-corrected chi connectivity index (χ1v) is 12.7. The minimum absolute atomic E-state index is 0.101. The highest BCUT2D eigenvalue weighted by Crippen LogP contribution is 2.43. The van der Waals surface area contributed by atoms with Crippen molar-refractivity contribution < 1.29 is 22.7 Å². The van der Waals surface area contributed by atoms with Crippen molar-refractivity contribution in [3.05, 3.63) is 62.9 Å². The smallest absolute Gasteiger partial charge is 0.261 e. The van der Waals surface area contributed by atoms with Crippen molar-refractivity contribution in [3.63, 3.8) is 0 Å². The molecule has 1 aliphatic rings. The number of rotatable bonds is 6. The number of benzene rings is 2. The fourth-order valence-electron chi connectivity index (χ4n) is 3.57. The average Bonchev–Trinajstić information content (AvgIpc) is 3.17. The number of thiophene rings is 1. The minimum atomic E-state index is -3.44. The summed E-state index contributed by atoms with van der Waals surface area (Å²) >= 11 is 4.65. The minimum Gasteiger partial charge on any atom is -0.497 e. The quantitative estimate of drug-likeness (QED) is 0.517. The van der Waals surface area contributed by atoms with Crippen molar-refractivity contribution in [2.75, 3.05) is 20.8 Å². The van der Waals surface area contributed by atoms with E-state index in [9.17, 15) is 13.2 Å². The largest absolute Gasteiger partial charge is 0.497 e. The monoisotopic (exact) mass is 521 g/mol. The zero-order chi connectivity index (χ0) is 22.2. The third kappa shape index (κ3) is 4.35. The predicted octanol–water partition coefficient (Wildman–Crippen LogP) is 4.45. The van der Waals surface area contributed by atoms with Gasteiger partial charge in [-0.15, -0.1) is 11.3 Å². The molecule has 0 saturated carbocycles. The van der Waals surface area contributed by atoms with Gasteiger partial charge in [-0.2, -0.15) is 0 Å². The van der Waals surface area contributed by atoms with Gasteiger partial charge in [-0.1, -0.05) is 22.0 Å². The Morgan fingerprint density at radius 2 is 1.94 bits per heavy atom. The summed E-state index contributed by atoms with van der Waals surface area (Å²) in [5.41, 5.74) is 2.24. The van der Waals surface area contributed by atoms with E-state index in [4.69, 9.17) is 9.47 Å². The molecule has 2 aromatic carbocycles. The van der Waals surface area contributed by atoms with Crippen LogP contribution < -0.4 is 14.8 Å². The van der Waals surface area contributed by atoms with E-state index in [0.29, 0.717) is 38.3 Å². The molecule has 0 saturated heterocycles. The van der Waals surface area contributed by atoms with Gasteiger partial charge in [0.15, 0.2) is 9.84 Å². The zero-order valence-corrected chi connectivity index (χ0v) is 20.1. The van der Waals surface area contributed by atoms with Crippen LogP contribution in [-0.2, 0) is 22.0 Å². The number of carbonyl (C=O) groups excluding carboxylic acids is 1. The van der Waals surface area contributed by atoms with Gasteiger partial charge in [-0.3, -0.25) is 4.79 Å². The molecule has 6 nitrogen and oxygen atoms in total. The fourth-order valence-corrected chi connectivity index (χ4v) is 6.98. The molecule has 2 heterocycles. The Bertz CT molecular complexity index is 1270. The van der Waals surface area contributed by atoms with Gasteiger partial charge in [0.05, 0.1) is 29.7 Å². The number of hydrogen-bond acceptors (Lipinski definition) is 6. The molecule has 4 rings (SSSR count). The van der Waals surface area contributed by atoms with Crippen LogP contribution in [0.2, 0.25) is 0 Å². The average molecular weight is 522 g/mol. The Hall–Kier alpha value is -2.36. The van der Waals surface area contributed by atoms with Gasteiger partial charge in [-0.05, 0) is 53.9 Å². The van der Waals surface area contributed by atoms with Crippen LogP contribution >= 0.6 is 27.3 Å². The van der Waals surface area contributed by atoms with Crippen LogP contribution in [-0.4, -0.2) is 35.1 Å². The van der Waals surface area contributed by atoms with E-state index in [1.165, 1.54) is 11.3 Å². The first kappa shape index (κ1) is 21.9. The fraction of sp³-hybridized carbons (Fsp3) is 0.227. The lowest BCUT2D eigenvalue weighted by molar-refractivity contribution is 0.0958. The highest BCUT2D eigenvalue weighted by Gasteiger charge is 2.31. The van der Waals surface area contributed by atoms with Gasteiger partial charge in [0, 0.05) is 21.5 Å². The molecule has 0 spiro atoms.